The Labute approximate surface area is 202 Å². The number of rotatable bonds is 11. The standard InChI is InChI=1S/C27H28F3NO4/c1-3-19-16-23(7-4-20(19)5-9-26(32)33)34-15-12-18(2)35-25-8-6-22(27(28,29)30)17-24(25)21-10-13-31-14-11-21/h4,6-8,10-11,13-14,16-18H,3,5,9,12,15H2,1-2H3,(H,32,33). The lowest BCUT2D eigenvalue weighted by molar-refractivity contribution is -0.138. The van der Waals surface area contributed by atoms with Gasteiger partial charge < -0.3 is 14.6 Å². The molecule has 0 saturated carbocycles. The zero-order valence-corrected chi connectivity index (χ0v) is 19.6. The van der Waals surface area contributed by atoms with Gasteiger partial charge in [-0.15, -0.1) is 0 Å². The number of aromatic nitrogens is 1. The molecule has 1 atom stereocenters. The van der Waals surface area contributed by atoms with Gasteiger partial charge in [-0.1, -0.05) is 13.0 Å². The number of alkyl halides is 3. The monoisotopic (exact) mass is 487 g/mol. The number of hydrogen-bond acceptors (Lipinski definition) is 4. The minimum absolute atomic E-state index is 0.0769. The molecule has 8 heteroatoms. The SMILES string of the molecule is CCc1cc(OCCC(C)Oc2ccc(C(F)(F)F)cc2-c2ccncc2)ccc1CCC(=O)O. The van der Waals surface area contributed by atoms with Crippen LogP contribution in [0.15, 0.2) is 60.9 Å². The van der Waals surface area contributed by atoms with Gasteiger partial charge in [0.25, 0.3) is 0 Å². The van der Waals surface area contributed by atoms with Crippen LogP contribution in [0, 0.1) is 0 Å². The van der Waals surface area contributed by atoms with Gasteiger partial charge in [0, 0.05) is 30.8 Å². The van der Waals surface area contributed by atoms with E-state index in [1.54, 1.807) is 12.1 Å². The quantitative estimate of drug-likeness (QED) is 0.331. The van der Waals surface area contributed by atoms with Crippen molar-refractivity contribution in [1.29, 1.82) is 0 Å². The van der Waals surface area contributed by atoms with Crippen LogP contribution in [0.4, 0.5) is 13.2 Å². The van der Waals surface area contributed by atoms with Crippen LogP contribution >= 0.6 is 0 Å². The van der Waals surface area contributed by atoms with Crippen molar-refractivity contribution in [2.45, 2.75) is 51.8 Å². The minimum atomic E-state index is -4.46. The van der Waals surface area contributed by atoms with Crippen molar-refractivity contribution in [2.75, 3.05) is 6.61 Å². The molecule has 0 bridgehead atoms. The third-order valence-corrected chi connectivity index (χ3v) is 5.59. The first-order valence-corrected chi connectivity index (χ1v) is 11.4. The molecule has 0 spiro atoms. The molecular weight excluding hydrogens is 459 g/mol. The van der Waals surface area contributed by atoms with E-state index in [0.717, 1.165) is 29.7 Å². The Bertz CT molecular complexity index is 1130. The summed E-state index contributed by atoms with van der Waals surface area (Å²) in [5.41, 5.74) is 2.22. The Balaban J connectivity index is 1.65. The lowest BCUT2D eigenvalue weighted by atomic mass is 10.0. The minimum Gasteiger partial charge on any atom is -0.493 e. The first-order chi connectivity index (χ1) is 16.7. The molecular formula is C27H28F3NO4. The number of benzene rings is 2. The maximum absolute atomic E-state index is 13.3. The summed E-state index contributed by atoms with van der Waals surface area (Å²) < 4.78 is 51.7. The fourth-order valence-corrected chi connectivity index (χ4v) is 3.69. The molecule has 186 valence electrons. The molecule has 0 amide bonds. The van der Waals surface area contributed by atoms with Crippen LogP contribution in [0.1, 0.15) is 43.4 Å². The first-order valence-electron chi connectivity index (χ1n) is 11.4. The lowest BCUT2D eigenvalue weighted by Crippen LogP contribution is -2.16. The van der Waals surface area contributed by atoms with Gasteiger partial charge in [-0.2, -0.15) is 13.2 Å². The summed E-state index contributed by atoms with van der Waals surface area (Å²) in [6.07, 6.45) is 0.0936. The molecule has 0 aliphatic carbocycles. The molecule has 0 saturated heterocycles. The summed E-state index contributed by atoms with van der Waals surface area (Å²) in [7, 11) is 0. The number of hydrogen-bond donors (Lipinski definition) is 1. The van der Waals surface area contributed by atoms with E-state index < -0.39 is 17.7 Å². The van der Waals surface area contributed by atoms with Crippen LogP contribution < -0.4 is 9.47 Å². The molecule has 0 fully saturated rings. The van der Waals surface area contributed by atoms with Gasteiger partial charge in [0.1, 0.15) is 11.5 Å². The van der Waals surface area contributed by atoms with Crippen molar-refractivity contribution in [1.82, 2.24) is 4.98 Å². The van der Waals surface area contributed by atoms with Crippen LogP contribution in [0.2, 0.25) is 0 Å². The lowest BCUT2D eigenvalue weighted by Gasteiger charge is -2.19. The fraction of sp³-hybridized carbons (Fsp3) is 0.333. The molecule has 1 N–H and O–H groups in total. The van der Waals surface area contributed by atoms with E-state index in [0.29, 0.717) is 42.1 Å². The van der Waals surface area contributed by atoms with Crippen molar-refractivity contribution in [3.63, 3.8) is 0 Å². The van der Waals surface area contributed by atoms with Gasteiger partial charge in [-0.25, -0.2) is 0 Å². The van der Waals surface area contributed by atoms with E-state index in [9.17, 15) is 18.0 Å². The van der Waals surface area contributed by atoms with Gasteiger partial charge in [-0.3, -0.25) is 9.78 Å². The third kappa shape index (κ3) is 7.47. The predicted octanol–water partition coefficient (Wildman–Crippen LogP) is 6.58. The smallest absolute Gasteiger partial charge is 0.416 e. The predicted molar refractivity (Wildman–Crippen MR) is 127 cm³/mol. The van der Waals surface area contributed by atoms with Crippen LogP contribution in [0.25, 0.3) is 11.1 Å². The van der Waals surface area contributed by atoms with Gasteiger partial charge >= 0.3 is 12.1 Å². The molecule has 1 unspecified atom stereocenters. The number of halogens is 3. The molecule has 2 aromatic carbocycles. The number of carboxylic acids is 1. The number of nitrogens with zero attached hydrogens (tertiary/aromatic N) is 1. The maximum atomic E-state index is 13.3. The van der Waals surface area contributed by atoms with Gasteiger partial charge in [-0.05, 0) is 78.9 Å². The second-order valence-electron chi connectivity index (χ2n) is 8.19. The van der Waals surface area contributed by atoms with E-state index in [1.165, 1.54) is 18.5 Å². The number of aliphatic carboxylic acids is 1. The second kappa shape index (κ2) is 11.7. The van der Waals surface area contributed by atoms with E-state index >= 15 is 0 Å². The summed E-state index contributed by atoms with van der Waals surface area (Å²) in [4.78, 5) is 14.8. The average Bonchev–Trinajstić information content (AvgIpc) is 2.83. The van der Waals surface area contributed by atoms with Gasteiger partial charge in [0.05, 0.1) is 18.3 Å². The molecule has 1 heterocycles. The van der Waals surface area contributed by atoms with Crippen LogP contribution in [-0.2, 0) is 23.8 Å². The number of ether oxygens (including phenoxy) is 2. The summed E-state index contributed by atoms with van der Waals surface area (Å²) in [5, 5.41) is 8.91. The summed E-state index contributed by atoms with van der Waals surface area (Å²) in [6.45, 7) is 4.19. The van der Waals surface area contributed by atoms with E-state index in [-0.39, 0.29) is 12.5 Å². The molecule has 5 nitrogen and oxygen atoms in total. The maximum Gasteiger partial charge on any atom is 0.416 e. The topological polar surface area (TPSA) is 68.7 Å². The zero-order chi connectivity index (χ0) is 25.4. The molecule has 1 aromatic heterocycles. The van der Waals surface area contributed by atoms with Crippen molar-refractivity contribution >= 4 is 5.97 Å². The van der Waals surface area contributed by atoms with Crippen LogP contribution in [0.5, 0.6) is 11.5 Å². The van der Waals surface area contributed by atoms with Crippen LogP contribution in [0.3, 0.4) is 0 Å². The van der Waals surface area contributed by atoms with Crippen molar-refractivity contribution in [3.8, 4) is 22.6 Å². The Morgan fingerprint density at radius 3 is 2.46 bits per heavy atom. The Morgan fingerprint density at radius 1 is 1.06 bits per heavy atom. The van der Waals surface area contributed by atoms with E-state index in [4.69, 9.17) is 14.6 Å². The van der Waals surface area contributed by atoms with Crippen molar-refractivity contribution in [2.24, 2.45) is 0 Å². The molecule has 0 aliphatic heterocycles. The average molecular weight is 488 g/mol. The fourth-order valence-electron chi connectivity index (χ4n) is 3.69. The van der Waals surface area contributed by atoms with E-state index in [2.05, 4.69) is 4.98 Å². The highest BCUT2D eigenvalue weighted by Gasteiger charge is 2.31. The number of carbonyl (C=O) groups is 1. The molecule has 3 aromatic rings. The van der Waals surface area contributed by atoms with Crippen molar-refractivity contribution < 1.29 is 32.5 Å². The highest BCUT2D eigenvalue weighted by atomic mass is 19.4. The molecule has 35 heavy (non-hydrogen) atoms. The highest BCUT2D eigenvalue weighted by molar-refractivity contribution is 5.71. The molecule has 3 rings (SSSR count). The number of carboxylic acid groups (broad SMARTS) is 1. The third-order valence-electron chi connectivity index (χ3n) is 5.59. The molecule has 0 radical (unpaired) electrons. The second-order valence-corrected chi connectivity index (χ2v) is 8.19. The summed E-state index contributed by atoms with van der Waals surface area (Å²) >= 11 is 0. The first kappa shape index (κ1) is 26.1. The molecule has 0 aliphatic rings. The Morgan fingerprint density at radius 2 is 1.80 bits per heavy atom. The summed E-state index contributed by atoms with van der Waals surface area (Å²) in [6, 6.07) is 12.4. The van der Waals surface area contributed by atoms with Crippen molar-refractivity contribution in [3.05, 3.63) is 77.6 Å². The summed E-state index contributed by atoms with van der Waals surface area (Å²) in [5.74, 6) is 0.203. The number of aryl methyl sites for hydroxylation is 2. The normalized spacial score (nSPS) is 12.3. The highest BCUT2D eigenvalue weighted by Crippen LogP contribution is 2.37. The largest absolute Gasteiger partial charge is 0.493 e. The zero-order valence-electron chi connectivity index (χ0n) is 19.6. The number of pyridine rings is 1. The van der Waals surface area contributed by atoms with Gasteiger partial charge in [0.2, 0.25) is 0 Å². The Hall–Kier alpha value is -3.55. The Kier molecular flexibility index (Phi) is 8.73. The van der Waals surface area contributed by atoms with E-state index in [1.807, 2.05) is 32.0 Å². The van der Waals surface area contributed by atoms with Crippen LogP contribution in [-0.4, -0.2) is 28.8 Å². The van der Waals surface area contributed by atoms with Gasteiger partial charge in [0.15, 0.2) is 0 Å².